The molecule has 3 atom stereocenters. The Kier molecular flexibility index (Phi) is 6.21. The van der Waals surface area contributed by atoms with E-state index in [1.807, 2.05) is 24.3 Å². The van der Waals surface area contributed by atoms with Crippen LogP contribution in [-0.2, 0) is 0 Å². The maximum atomic E-state index is 6.52. The van der Waals surface area contributed by atoms with Crippen LogP contribution in [0.15, 0.2) is 158 Å². The largest absolute Gasteiger partial charge is 0.456 e. The SMILES string of the molecule is CC1c2c(oc3cccc(C4=NC(c5ccc6c(c5)oc5ccccc56)NC(c5cccc6ccccc56)=N4)c23)C=CC1c1ccccc1. The molecule has 0 bridgehead atoms. The molecule has 8 aromatic rings. The van der Waals surface area contributed by atoms with E-state index < -0.39 is 6.17 Å². The third-order valence-electron chi connectivity index (χ3n) is 10.2. The van der Waals surface area contributed by atoms with E-state index in [0.29, 0.717) is 5.84 Å². The van der Waals surface area contributed by atoms with Crippen LogP contribution in [-0.4, -0.2) is 11.7 Å². The molecule has 0 spiro atoms. The topological polar surface area (TPSA) is 63.0 Å². The summed E-state index contributed by atoms with van der Waals surface area (Å²) in [6.07, 6.45) is 4.01. The number of fused-ring (bicyclic) bond motifs is 7. The number of amidine groups is 2. The second-order valence-electron chi connectivity index (χ2n) is 13.0. The third-order valence-corrected chi connectivity index (χ3v) is 10.2. The van der Waals surface area contributed by atoms with Gasteiger partial charge in [0.05, 0.1) is 0 Å². The molecule has 234 valence electrons. The summed E-state index contributed by atoms with van der Waals surface area (Å²) >= 11 is 0. The number of furan rings is 2. The van der Waals surface area contributed by atoms with E-state index in [1.165, 1.54) is 11.1 Å². The van der Waals surface area contributed by atoms with Crippen LogP contribution in [0, 0.1) is 0 Å². The summed E-state index contributed by atoms with van der Waals surface area (Å²) in [5.74, 6) is 2.78. The first-order chi connectivity index (χ1) is 24.2. The number of hydrogen-bond acceptors (Lipinski definition) is 5. The lowest BCUT2D eigenvalue weighted by molar-refractivity contribution is 0.573. The minimum Gasteiger partial charge on any atom is -0.456 e. The summed E-state index contributed by atoms with van der Waals surface area (Å²) < 4.78 is 12.8. The number of hydrogen-bond donors (Lipinski definition) is 1. The van der Waals surface area contributed by atoms with Gasteiger partial charge in [0.1, 0.15) is 34.5 Å². The molecule has 5 nitrogen and oxygen atoms in total. The Hall–Kier alpha value is -6.20. The molecular weight excluding hydrogens is 603 g/mol. The van der Waals surface area contributed by atoms with Gasteiger partial charge in [-0.1, -0.05) is 128 Å². The lowest BCUT2D eigenvalue weighted by Crippen LogP contribution is -2.33. The van der Waals surface area contributed by atoms with Gasteiger partial charge in [-0.3, -0.25) is 0 Å². The normalized spacial score (nSPS) is 18.8. The van der Waals surface area contributed by atoms with Crippen molar-refractivity contribution in [2.45, 2.75) is 24.9 Å². The summed E-state index contributed by atoms with van der Waals surface area (Å²) in [7, 11) is 0. The first-order valence-corrected chi connectivity index (χ1v) is 16.8. The van der Waals surface area contributed by atoms with Crippen molar-refractivity contribution in [1.29, 1.82) is 0 Å². The highest BCUT2D eigenvalue weighted by Crippen LogP contribution is 2.46. The quantitative estimate of drug-likeness (QED) is 0.210. The molecule has 1 N–H and O–H groups in total. The molecule has 2 aliphatic rings. The van der Waals surface area contributed by atoms with E-state index in [4.69, 9.17) is 18.8 Å². The Morgan fingerprint density at radius 1 is 0.612 bits per heavy atom. The second-order valence-corrected chi connectivity index (χ2v) is 13.0. The first kappa shape index (κ1) is 27.9. The molecule has 6 aromatic carbocycles. The Morgan fingerprint density at radius 3 is 2.27 bits per heavy atom. The van der Waals surface area contributed by atoms with Crippen molar-refractivity contribution in [1.82, 2.24) is 5.32 Å². The van der Waals surface area contributed by atoms with Gasteiger partial charge in [-0.2, -0.15) is 0 Å². The smallest absolute Gasteiger partial charge is 0.160 e. The summed E-state index contributed by atoms with van der Waals surface area (Å²) in [6, 6.07) is 46.3. The van der Waals surface area contributed by atoms with Crippen LogP contribution in [0.4, 0.5) is 0 Å². The number of para-hydroxylation sites is 1. The zero-order valence-corrected chi connectivity index (χ0v) is 26.8. The molecule has 5 heteroatoms. The zero-order chi connectivity index (χ0) is 32.5. The standard InChI is InChI=1S/C44H31N3O2/c1-26-30(27-11-3-2-4-12-27)23-24-38-40(26)41-35(18-10-20-37(41)49-38)44-46-42(29-21-22-33-32-16-7-8-19-36(32)48-39(33)25-29)45-43(47-44)34-17-9-14-28-13-5-6-15-31(28)34/h2-26,30,42H,1H3,(H,45,46,47). The molecule has 0 saturated heterocycles. The van der Waals surface area contributed by atoms with Gasteiger partial charge in [0, 0.05) is 44.3 Å². The van der Waals surface area contributed by atoms with Gasteiger partial charge in [0.15, 0.2) is 5.84 Å². The number of nitrogens with one attached hydrogen (secondary N) is 1. The van der Waals surface area contributed by atoms with Crippen molar-refractivity contribution in [2.75, 3.05) is 0 Å². The lowest BCUT2D eigenvalue weighted by atomic mass is 9.78. The number of allylic oxidation sites excluding steroid dienone is 1. The highest BCUT2D eigenvalue weighted by Gasteiger charge is 2.32. The van der Waals surface area contributed by atoms with Gasteiger partial charge in [-0.25, -0.2) is 9.98 Å². The first-order valence-electron chi connectivity index (χ1n) is 16.8. The third kappa shape index (κ3) is 4.46. The summed E-state index contributed by atoms with van der Waals surface area (Å²) in [4.78, 5) is 10.6. The van der Waals surface area contributed by atoms with E-state index in [0.717, 1.165) is 72.0 Å². The summed E-state index contributed by atoms with van der Waals surface area (Å²) in [5.41, 5.74) is 8.04. The van der Waals surface area contributed by atoms with E-state index in [9.17, 15) is 0 Å². The van der Waals surface area contributed by atoms with Gasteiger partial charge in [0.2, 0.25) is 0 Å². The molecule has 0 saturated carbocycles. The van der Waals surface area contributed by atoms with Gasteiger partial charge in [-0.05, 0) is 46.5 Å². The molecule has 0 fully saturated rings. The predicted octanol–water partition coefficient (Wildman–Crippen LogP) is 10.9. The monoisotopic (exact) mass is 633 g/mol. The maximum Gasteiger partial charge on any atom is 0.160 e. The van der Waals surface area contributed by atoms with Crippen molar-refractivity contribution >= 4 is 61.4 Å². The number of rotatable bonds is 4. The van der Waals surface area contributed by atoms with Crippen LogP contribution in [0.5, 0.6) is 0 Å². The van der Waals surface area contributed by atoms with E-state index in [-0.39, 0.29) is 11.8 Å². The molecular formula is C44H31N3O2. The number of aliphatic imine (C=N–C) groups is 2. The number of benzene rings is 6. The van der Waals surface area contributed by atoms with Crippen molar-refractivity contribution in [3.05, 3.63) is 173 Å². The van der Waals surface area contributed by atoms with Gasteiger partial charge in [-0.15, -0.1) is 0 Å². The van der Waals surface area contributed by atoms with Crippen LogP contribution < -0.4 is 5.32 Å². The Morgan fingerprint density at radius 2 is 1.35 bits per heavy atom. The van der Waals surface area contributed by atoms with Crippen molar-refractivity contribution in [3.63, 3.8) is 0 Å². The molecule has 2 aromatic heterocycles. The highest BCUT2D eigenvalue weighted by atomic mass is 16.3. The minimum atomic E-state index is -0.397. The molecule has 0 radical (unpaired) electrons. The van der Waals surface area contributed by atoms with Gasteiger partial charge < -0.3 is 14.2 Å². The molecule has 1 aliphatic carbocycles. The average Bonchev–Trinajstić information content (AvgIpc) is 3.73. The average molecular weight is 634 g/mol. The van der Waals surface area contributed by atoms with Crippen LogP contribution in [0.2, 0.25) is 0 Å². The molecule has 3 unspecified atom stereocenters. The lowest BCUT2D eigenvalue weighted by Gasteiger charge is -2.26. The highest BCUT2D eigenvalue weighted by molar-refractivity contribution is 6.20. The van der Waals surface area contributed by atoms with E-state index >= 15 is 0 Å². The minimum absolute atomic E-state index is 0.194. The molecule has 3 heterocycles. The fourth-order valence-electron chi connectivity index (χ4n) is 7.79. The van der Waals surface area contributed by atoms with Crippen molar-refractivity contribution in [3.8, 4) is 0 Å². The van der Waals surface area contributed by atoms with Gasteiger partial charge in [0.25, 0.3) is 0 Å². The van der Waals surface area contributed by atoms with Crippen molar-refractivity contribution < 1.29 is 8.83 Å². The Balaban J connectivity index is 1.17. The second kappa shape index (κ2) is 10.9. The zero-order valence-electron chi connectivity index (χ0n) is 26.8. The van der Waals surface area contributed by atoms with Crippen molar-refractivity contribution in [2.24, 2.45) is 9.98 Å². The predicted molar refractivity (Wildman–Crippen MR) is 199 cm³/mol. The molecule has 10 rings (SSSR count). The maximum absolute atomic E-state index is 6.52. The molecule has 49 heavy (non-hydrogen) atoms. The summed E-state index contributed by atoms with van der Waals surface area (Å²) in [6.45, 7) is 2.30. The summed E-state index contributed by atoms with van der Waals surface area (Å²) in [5, 5.41) is 9.27. The number of nitrogens with zero attached hydrogens (tertiary/aromatic N) is 2. The Bertz CT molecular complexity index is 2670. The van der Waals surface area contributed by atoms with Crippen LogP contribution in [0.25, 0.3) is 49.8 Å². The van der Waals surface area contributed by atoms with Crippen LogP contribution in [0.1, 0.15) is 58.5 Å². The van der Waals surface area contributed by atoms with E-state index in [1.54, 1.807) is 0 Å². The fourth-order valence-corrected chi connectivity index (χ4v) is 7.79. The molecule has 1 aliphatic heterocycles. The Labute approximate surface area is 282 Å². The van der Waals surface area contributed by atoms with E-state index in [2.05, 4.69) is 134 Å². The van der Waals surface area contributed by atoms with Crippen LogP contribution in [0.3, 0.4) is 0 Å². The molecule has 0 amide bonds. The van der Waals surface area contributed by atoms with Crippen LogP contribution >= 0.6 is 0 Å². The fraction of sp³-hybridized carbons (Fsp3) is 0.0909. The van der Waals surface area contributed by atoms with Gasteiger partial charge >= 0.3 is 0 Å².